The molecule has 0 aromatic carbocycles. The lowest BCUT2D eigenvalue weighted by Gasteiger charge is -2.17. The Kier molecular flexibility index (Phi) is 2.79. The summed E-state index contributed by atoms with van der Waals surface area (Å²) >= 11 is 0. The number of hydrogen-bond acceptors (Lipinski definition) is 3. The van der Waals surface area contributed by atoms with Crippen LogP contribution in [0.4, 0.5) is 0 Å². The van der Waals surface area contributed by atoms with E-state index in [0.717, 1.165) is 12.8 Å². The molecule has 0 heterocycles. The van der Waals surface area contributed by atoms with Crippen LogP contribution in [0.25, 0.3) is 0 Å². The summed E-state index contributed by atoms with van der Waals surface area (Å²) in [6, 6.07) is 0.293. The smallest absolute Gasteiger partial charge is 0.162 e. The molecule has 3 nitrogen and oxygen atoms in total. The van der Waals surface area contributed by atoms with Crippen LogP contribution in [0, 0.1) is 5.92 Å². The molecular weight excluding hydrogens is 178 g/mol. The van der Waals surface area contributed by atoms with Crippen molar-refractivity contribution in [1.82, 2.24) is 5.32 Å². The van der Waals surface area contributed by atoms with Crippen molar-refractivity contribution < 1.29 is 9.90 Å². The predicted molar refractivity (Wildman–Crippen MR) is 53.8 cm³/mol. The van der Waals surface area contributed by atoms with Crippen LogP contribution in [-0.4, -0.2) is 30.1 Å². The van der Waals surface area contributed by atoms with Gasteiger partial charge in [0.15, 0.2) is 5.78 Å². The normalized spacial score (nSPS) is 30.4. The molecule has 1 saturated carbocycles. The van der Waals surface area contributed by atoms with Crippen molar-refractivity contribution in [3.8, 4) is 0 Å². The fraction of sp³-hybridized carbons (Fsp3) is 0.545. The third kappa shape index (κ3) is 1.65. The van der Waals surface area contributed by atoms with Gasteiger partial charge in [0, 0.05) is 18.5 Å². The van der Waals surface area contributed by atoms with Crippen molar-refractivity contribution >= 4 is 5.78 Å². The first-order chi connectivity index (χ1) is 6.83. The molecule has 2 rings (SSSR count). The number of ketones is 1. The standard InChI is InChI=1S/C11H15NO2/c13-7-6-12-10-5-4-9-8(10)2-1-3-11(9)14/h1-3,9-10,12-13H,4-7H2. The highest BCUT2D eigenvalue weighted by molar-refractivity contribution is 5.96. The highest BCUT2D eigenvalue weighted by Gasteiger charge is 2.34. The first-order valence-electron chi connectivity index (χ1n) is 5.09. The first kappa shape index (κ1) is 9.62. The molecule has 3 heteroatoms. The number of rotatable bonds is 3. The SMILES string of the molecule is O=C1C=CC=C2C(NCCO)CCC12. The van der Waals surface area contributed by atoms with Gasteiger partial charge >= 0.3 is 0 Å². The number of aliphatic hydroxyl groups excluding tert-OH is 1. The van der Waals surface area contributed by atoms with E-state index >= 15 is 0 Å². The van der Waals surface area contributed by atoms with E-state index in [1.807, 2.05) is 12.2 Å². The van der Waals surface area contributed by atoms with E-state index in [4.69, 9.17) is 5.11 Å². The van der Waals surface area contributed by atoms with Gasteiger partial charge < -0.3 is 10.4 Å². The summed E-state index contributed by atoms with van der Waals surface area (Å²) in [5.41, 5.74) is 1.20. The van der Waals surface area contributed by atoms with E-state index < -0.39 is 0 Å². The van der Waals surface area contributed by atoms with Gasteiger partial charge in [-0.1, -0.05) is 12.2 Å². The Balaban J connectivity index is 2.06. The average molecular weight is 193 g/mol. The van der Waals surface area contributed by atoms with Gasteiger partial charge in [0.05, 0.1) is 6.61 Å². The predicted octanol–water partition coefficient (Wildman–Crippen LogP) is 0.412. The molecular formula is C11H15NO2. The Morgan fingerprint density at radius 3 is 3.14 bits per heavy atom. The molecule has 0 aromatic heterocycles. The zero-order valence-electron chi connectivity index (χ0n) is 8.07. The molecule has 0 aromatic rings. The highest BCUT2D eigenvalue weighted by Crippen LogP contribution is 2.34. The molecule has 2 N–H and O–H groups in total. The fourth-order valence-corrected chi connectivity index (χ4v) is 2.28. The van der Waals surface area contributed by atoms with E-state index in [2.05, 4.69) is 5.32 Å². The van der Waals surface area contributed by atoms with Crippen molar-refractivity contribution in [1.29, 1.82) is 0 Å². The van der Waals surface area contributed by atoms with Crippen LogP contribution >= 0.6 is 0 Å². The van der Waals surface area contributed by atoms with E-state index in [0.29, 0.717) is 12.6 Å². The van der Waals surface area contributed by atoms with Gasteiger partial charge in [-0.3, -0.25) is 4.79 Å². The summed E-state index contributed by atoms with van der Waals surface area (Å²) in [6.45, 7) is 0.755. The van der Waals surface area contributed by atoms with Crippen LogP contribution in [0.1, 0.15) is 12.8 Å². The second kappa shape index (κ2) is 4.07. The van der Waals surface area contributed by atoms with Gasteiger partial charge in [-0.05, 0) is 24.5 Å². The van der Waals surface area contributed by atoms with Crippen molar-refractivity contribution in [3.63, 3.8) is 0 Å². The number of carbonyl (C=O) groups is 1. The summed E-state index contributed by atoms with van der Waals surface area (Å²) in [4.78, 5) is 11.5. The molecule has 0 bridgehead atoms. The Morgan fingerprint density at radius 1 is 1.50 bits per heavy atom. The average Bonchev–Trinajstić information content (AvgIpc) is 2.60. The number of fused-ring (bicyclic) bond motifs is 1. The minimum absolute atomic E-state index is 0.108. The number of nitrogens with one attached hydrogen (secondary N) is 1. The second-order valence-electron chi connectivity index (χ2n) is 3.79. The van der Waals surface area contributed by atoms with Crippen LogP contribution in [0.2, 0.25) is 0 Å². The molecule has 0 saturated heterocycles. The topological polar surface area (TPSA) is 49.3 Å². The Bertz CT molecular complexity index is 294. The molecule has 2 atom stereocenters. The second-order valence-corrected chi connectivity index (χ2v) is 3.79. The fourth-order valence-electron chi connectivity index (χ4n) is 2.28. The van der Waals surface area contributed by atoms with E-state index in [-0.39, 0.29) is 18.3 Å². The largest absolute Gasteiger partial charge is 0.395 e. The summed E-state index contributed by atoms with van der Waals surface area (Å²) in [6.07, 6.45) is 7.46. The molecule has 0 aliphatic heterocycles. The lowest BCUT2D eigenvalue weighted by atomic mass is 9.92. The van der Waals surface area contributed by atoms with Crippen molar-refractivity contribution in [2.45, 2.75) is 18.9 Å². The quantitative estimate of drug-likeness (QED) is 0.682. The zero-order valence-corrected chi connectivity index (χ0v) is 8.07. The maximum Gasteiger partial charge on any atom is 0.162 e. The minimum atomic E-state index is 0.108. The highest BCUT2D eigenvalue weighted by atomic mass is 16.3. The molecule has 2 unspecified atom stereocenters. The van der Waals surface area contributed by atoms with Gasteiger partial charge in [0.1, 0.15) is 0 Å². The maximum absolute atomic E-state index is 11.5. The number of carbonyl (C=O) groups excluding carboxylic acids is 1. The van der Waals surface area contributed by atoms with E-state index in [1.54, 1.807) is 6.08 Å². The lowest BCUT2D eigenvalue weighted by Crippen LogP contribution is -2.32. The first-order valence-corrected chi connectivity index (χ1v) is 5.09. The van der Waals surface area contributed by atoms with Gasteiger partial charge in [-0.25, -0.2) is 0 Å². The van der Waals surface area contributed by atoms with Crippen LogP contribution in [0.5, 0.6) is 0 Å². The molecule has 0 radical (unpaired) electrons. The summed E-state index contributed by atoms with van der Waals surface area (Å²) in [7, 11) is 0. The number of allylic oxidation sites excluding steroid dienone is 3. The van der Waals surface area contributed by atoms with Crippen LogP contribution in [0.3, 0.4) is 0 Å². The number of aliphatic hydroxyl groups is 1. The van der Waals surface area contributed by atoms with E-state index in [9.17, 15) is 4.79 Å². The Labute approximate surface area is 83.5 Å². The Morgan fingerprint density at radius 2 is 2.36 bits per heavy atom. The summed E-state index contributed by atoms with van der Waals surface area (Å²) < 4.78 is 0. The monoisotopic (exact) mass is 193 g/mol. The van der Waals surface area contributed by atoms with Gasteiger partial charge in [0.25, 0.3) is 0 Å². The summed E-state index contributed by atoms with van der Waals surface area (Å²) in [5, 5.41) is 12.0. The van der Waals surface area contributed by atoms with Crippen LogP contribution in [0.15, 0.2) is 23.8 Å². The van der Waals surface area contributed by atoms with Crippen molar-refractivity contribution in [2.24, 2.45) is 5.92 Å². The van der Waals surface area contributed by atoms with Gasteiger partial charge in [-0.15, -0.1) is 0 Å². The van der Waals surface area contributed by atoms with E-state index in [1.165, 1.54) is 5.57 Å². The molecule has 76 valence electrons. The molecule has 1 fully saturated rings. The summed E-state index contributed by atoms with van der Waals surface area (Å²) in [5.74, 6) is 0.340. The molecule has 0 spiro atoms. The van der Waals surface area contributed by atoms with Crippen molar-refractivity contribution in [3.05, 3.63) is 23.8 Å². The molecule has 2 aliphatic carbocycles. The van der Waals surface area contributed by atoms with Crippen LogP contribution < -0.4 is 5.32 Å². The van der Waals surface area contributed by atoms with Crippen molar-refractivity contribution in [2.75, 3.05) is 13.2 Å². The molecule has 0 amide bonds. The molecule has 2 aliphatic rings. The number of hydrogen-bond donors (Lipinski definition) is 2. The third-order valence-electron chi connectivity index (χ3n) is 2.94. The maximum atomic E-state index is 11.5. The molecule has 14 heavy (non-hydrogen) atoms. The zero-order chi connectivity index (χ0) is 9.97. The third-order valence-corrected chi connectivity index (χ3v) is 2.94. The van der Waals surface area contributed by atoms with Crippen LogP contribution in [-0.2, 0) is 4.79 Å². The minimum Gasteiger partial charge on any atom is -0.395 e. The van der Waals surface area contributed by atoms with Gasteiger partial charge in [0.2, 0.25) is 0 Å². The lowest BCUT2D eigenvalue weighted by molar-refractivity contribution is -0.117. The van der Waals surface area contributed by atoms with Gasteiger partial charge in [-0.2, -0.15) is 0 Å². The Hall–Kier alpha value is -0.930.